The van der Waals surface area contributed by atoms with E-state index in [1.807, 2.05) is 0 Å². The molecule has 0 spiro atoms. The van der Waals surface area contributed by atoms with Crippen LogP contribution in [0.1, 0.15) is 60.8 Å². The Bertz CT molecular complexity index is 362. The van der Waals surface area contributed by atoms with Gasteiger partial charge in [0, 0.05) is 37.8 Å². The van der Waals surface area contributed by atoms with E-state index in [-0.39, 0.29) is 0 Å². The van der Waals surface area contributed by atoms with E-state index in [1.54, 1.807) is 0 Å². The molecule has 2 aliphatic heterocycles. The zero-order chi connectivity index (χ0) is 15.4. The molecule has 2 unspecified atom stereocenters. The van der Waals surface area contributed by atoms with Crippen molar-refractivity contribution in [1.29, 1.82) is 0 Å². The van der Waals surface area contributed by atoms with E-state index in [0.29, 0.717) is 11.0 Å². The van der Waals surface area contributed by atoms with Crippen molar-refractivity contribution in [2.24, 2.45) is 23.2 Å². The average Bonchev–Trinajstić information content (AvgIpc) is 2.83. The third-order valence-corrected chi connectivity index (χ3v) is 7.10. The van der Waals surface area contributed by atoms with Gasteiger partial charge in [-0.25, -0.2) is 0 Å². The van der Waals surface area contributed by atoms with Gasteiger partial charge in [0.2, 0.25) is 0 Å². The molecule has 1 aliphatic carbocycles. The van der Waals surface area contributed by atoms with Crippen LogP contribution < -0.4 is 0 Å². The fourth-order valence-corrected chi connectivity index (χ4v) is 4.64. The maximum Gasteiger partial charge on any atom is 0.0150 e. The lowest BCUT2D eigenvalue weighted by Crippen LogP contribution is -2.56. The van der Waals surface area contributed by atoms with E-state index in [2.05, 4.69) is 51.3 Å². The zero-order valence-corrected chi connectivity index (χ0v) is 15.2. The van der Waals surface area contributed by atoms with Crippen molar-refractivity contribution < 1.29 is 0 Å². The summed E-state index contributed by atoms with van der Waals surface area (Å²) in [5, 5.41) is 0. The van der Waals surface area contributed by atoms with E-state index in [9.17, 15) is 0 Å². The van der Waals surface area contributed by atoms with E-state index >= 15 is 0 Å². The van der Waals surface area contributed by atoms with E-state index < -0.39 is 0 Å². The van der Waals surface area contributed by atoms with E-state index in [1.165, 1.54) is 45.4 Å². The Morgan fingerprint density at radius 3 is 1.81 bits per heavy atom. The highest BCUT2D eigenvalue weighted by molar-refractivity contribution is 5.02. The third-order valence-electron chi connectivity index (χ3n) is 7.10. The molecule has 0 aromatic heterocycles. The van der Waals surface area contributed by atoms with E-state index in [4.69, 9.17) is 0 Å². The second-order valence-corrected chi connectivity index (χ2v) is 9.73. The highest BCUT2D eigenvalue weighted by atomic mass is 15.3. The van der Waals surface area contributed by atoms with Gasteiger partial charge in [0.25, 0.3) is 0 Å². The minimum Gasteiger partial charge on any atom is -0.300 e. The summed E-state index contributed by atoms with van der Waals surface area (Å²) >= 11 is 0. The lowest BCUT2D eigenvalue weighted by atomic mass is 9.75. The summed E-state index contributed by atoms with van der Waals surface area (Å²) in [4.78, 5) is 5.57. The Morgan fingerprint density at radius 2 is 1.38 bits per heavy atom. The number of fused-ring (bicyclic) bond motifs is 1. The van der Waals surface area contributed by atoms with Crippen LogP contribution in [-0.2, 0) is 0 Å². The maximum atomic E-state index is 2.80. The van der Waals surface area contributed by atoms with Gasteiger partial charge in [-0.2, -0.15) is 0 Å². The first-order chi connectivity index (χ1) is 9.70. The van der Waals surface area contributed by atoms with Gasteiger partial charge in [0.15, 0.2) is 0 Å². The van der Waals surface area contributed by atoms with Crippen LogP contribution in [-0.4, -0.2) is 47.6 Å². The third kappa shape index (κ3) is 2.91. The van der Waals surface area contributed by atoms with Crippen LogP contribution in [0.2, 0.25) is 0 Å². The summed E-state index contributed by atoms with van der Waals surface area (Å²) in [5.41, 5.74) is 0.918. The van der Waals surface area contributed by atoms with Gasteiger partial charge < -0.3 is 0 Å². The van der Waals surface area contributed by atoms with Crippen LogP contribution in [0.4, 0.5) is 0 Å². The highest BCUT2D eigenvalue weighted by Gasteiger charge is 2.48. The lowest BCUT2D eigenvalue weighted by Gasteiger charge is -2.49. The fraction of sp³-hybridized carbons (Fsp3) is 1.00. The molecule has 3 fully saturated rings. The van der Waals surface area contributed by atoms with Crippen molar-refractivity contribution in [2.45, 2.75) is 72.4 Å². The zero-order valence-electron chi connectivity index (χ0n) is 15.2. The first kappa shape index (κ1) is 15.8. The normalized spacial score (nSPS) is 36.0. The molecule has 0 aromatic rings. The lowest BCUT2D eigenvalue weighted by molar-refractivity contribution is -0.00931. The molecule has 122 valence electrons. The molecular formula is C19H36N2. The molecule has 1 saturated carbocycles. The van der Waals surface area contributed by atoms with Gasteiger partial charge in [-0.15, -0.1) is 0 Å². The molecule has 2 heteroatoms. The highest BCUT2D eigenvalue weighted by Crippen LogP contribution is 2.45. The van der Waals surface area contributed by atoms with Gasteiger partial charge in [-0.1, -0.05) is 27.7 Å². The molecule has 0 amide bonds. The van der Waals surface area contributed by atoms with Gasteiger partial charge in [-0.3, -0.25) is 9.80 Å². The quantitative estimate of drug-likeness (QED) is 0.779. The van der Waals surface area contributed by atoms with Gasteiger partial charge >= 0.3 is 0 Å². The Balaban J connectivity index is 1.50. The van der Waals surface area contributed by atoms with Crippen LogP contribution in [0.5, 0.6) is 0 Å². The molecule has 0 radical (unpaired) electrons. The van der Waals surface area contributed by atoms with Crippen LogP contribution >= 0.6 is 0 Å². The average molecular weight is 293 g/mol. The predicted octanol–water partition coefficient (Wildman–Crippen LogP) is 3.86. The van der Waals surface area contributed by atoms with Crippen molar-refractivity contribution in [3.8, 4) is 0 Å². The van der Waals surface area contributed by atoms with Crippen molar-refractivity contribution in [2.75, 3.05) is 26.2 Å². The Labute approximate surface area is 132 Å². The summed E-state index contributed by atoms with van der Waals surface area (Å²) in [5.74, 6) is 2.89. The van der Waals surface area contributed by atoms with Crippen LogP contribution in [0.15, 0.2) is 0 Å². The number of nitrogens with zero attached hydrogens (tertiary/aromatic N) is 2. The van der Waals surface area contributed by atoms with E-state index in [0.717, 1.165) is 23.8 Å². The number of rotatable bonds is 3. The molecule has 2 heterocycles. The van der Waals surface area contributed by atoms with Gasteiger partial charge in [-0.05, 0) is 56.3 Å². The maximum absolute atomic E-state index is 2.80. The molecule has 21 heavy (non-hydrogen) atoms. The molecule has 2 saturated heterocycles. The van der Waals surface area contributed by atoms with Crippen molar-refractivity contribution in [1.82, 2.24) is 9.80 Å². The first-order valence-corrected chi connectivity index (χ1v) is 9.20. The monoisotopic (exact) mass is 292 g/mol. The van der Waals surface area contributed by atoms with Crippen LogP contribution in [0, 0.1) is 23.2 Å². The standard InChI is InChI=1S/C19H36N2/c1-7-19(5,6)21-10-14-8-17(9-15(14)11-21)20-12-16(13-20)18(2,3)4/h14-17H,7-13H2,1-6H3. The second kappa shape index (κ2) is 5.23. The molecule has 3 aliphatic rings. The Hall–Kier alpha value is -0.0800. The molecular weight excluding hydrogens is 256 g/mol. The fourth-order valence-electron chi connectivity index (χ4n) is 4.64. The van der Waals surface area contributed by atoms with Crippen molar-refractivity contribution in [3.05, 3.63) is 0 Å². The largest absolute Gasteiger partial charge is 0.300 e. The minimum atomic E-state index is 0.411. The molecule has 3 rings (SSSR count). The Kier molecular flexibility index (Phi) is 3.94. The van der Waals surface area contributed by atoms with Crippen LogP contribution in [0.3, 0.4) is 0 Å². The van der Waals surface area contributed by atoms with Crippen LogP contribution in [0.25, 0.3) is 0 Å². The topological polar surface area (TPSA) is 6.48 Å². The summed E-state index contributed by atoms with van der Waals surface area (Å²) in [6.45, 7) is 19.8. The van der Waals surface area contributed by atoms with Gasteiger partial charge in [0.05, 0.1) is 0 Å². The second-order valence-electron chi connectivity index (χ2n) is 9.73. The number of likely N-dealkylation sites (tertiary alicyclic amines) is 2. The number of hydrogen-bond donors (Lipinski definition) is 0. The molecule has 2 atom stereocenters. The summed E-state index contributed by atoms with van der Waals surface area (Å²) in [6.07, 6.45) is 4.21. The minimum absolute atomic E-state index is 0.411. The summed E-state index contributed by atoms with van der Waals surface area (Å²) < 4.78 is 0. The van der Waals surface area contributed by atoms with Crippen molar-refractivity contribution in [3.63, 3.8) is 0 Å². The molecule has 2 nitrogen and oxygen atoms in total. The first-order valence-electron chi connectivity index (χ1n) is 9.20. The SMILES string of the molecule is CCC(C)(C)N1CC2CC(N3CC(C(C)(C)C)C3)CC2C1. The summed E-state index contributed by atoms with van der Waals surface area (Å²) in [7, 11) is 0. The van der Waals surface area contributed by atoms with Gasteiger partial charge in [0.1, 0.15) is 0 Å². The Morgan fingerprint density at radius 1 is 0.857 bits per heavy atom. The van der Waals surface area contributed by atoms with Crippen molar-refractivity contribution >= 4 is 0 Å². The molecule has 0 aromatic carbocycles. The molecule has 0 N–H and O–H groups in total. The summed E-state index contributed by atoms with van der Waals surface area (Å²) in [6, 6.07) is 0.908. The molecule has 0 bridgehead atoms. The predicted molar refractivity (Wildman–Crippen MR) is 90.5 cm³/mol. The smallest absolute Gasteiger partial charge is 0.0150 e. The number of hydrogen-bond acceptors (Lipinski definition) is 2.